The summed E-state index contributed by atoms with van der Waals surface area (Å²) in [4.78, 5) is 5.00. The van der Waals surface area contributed by atoms with Crippen molar-refractivity contribution in [3.63, 3.8) is 0 Å². The van der Waals surface area contributed by atoms with Crippen LogP contribution in [0.3, 0.4) is 0 Å². The van der Waals surface area contributed by atoms with E-state index < -0.39 is 41.8 Å². The van der Waals surface area contributed by atoms with E-state index >= 15 is 0 Å². The molecule has 6 heterocycles. The van der Waals surface area contributed by atoms with Gasteiger partial charge in [0.05, 0.1) is 0 Å². The van der Waals surface area contributed by atoms with Gasteiger partial charge in [0.25, 0.3) is 0 Å². The Balaban J connectivity index is 1.04. The van der Waals surface area contributed by atoms with Gasteiger partial charge in [0.15, 0.2) is 0 Å². The van der Waals surface area contributed by atoms with Gasteiger partial charge in [-0.2, -0.15) is 0 Å². The van der Waals surface area contributed by atoms with Gasteiger partial charge in [-0.15, -0.1) is 0 Å². The fourth-order valence-corrected chi connectivity index (χ4v) is 18.5. The van der Waals surface area contributed by atoms with Crippen LogP contribution in [0.1, 0.15) is 0 Å². The first-order chi connectivity index (χ1) is 24.8. The van der Waals surface area contributed by atoms with E-state index in [0.717, 1.165) is 33.5 Å². The molecule has 3 aliphatic heterocycles. The Morgan fingerprint density at radius 1 is 0.460 bits per heavy atom. The summed E-state index contributed by atoms with van der Waals surface area (Å²) < 4.78 is 31.0. The van der Waals surface area contributed by atoms with Crippen molar-refractivity contribution >= 4 is 163 Å². The van der Waals surface area contributed by atoms with Crippen molar-refractivity contribution in [2.75, 3.05) is 9.80 Å². The standard InChI is InChI=1S/C38H20N6S2Se2Te2/c1-5-13-27-21(9-1)43(22-10-2-6-14-28(22)49-27)31-19-17-25(47-31)33-35-37(41-45-39-35)34(38-36(33)40-46-42-38)26-18-20-32(48-26)44-23-11-3-7-15-29(23)50-30-16-8-4-12-24(30)44/h1-20H. The summed E-state index contributed by atoms with van der Waals surface area (Å²) in [7, 11) is 0. The van der Waals surface area contributed by atoms with Crippen molar-refractivity contribution in [2.24, 2.45) is 8.73 Å². The third-order valence-electron chi connectivity index (χ3n) is 8.91. The second kappa shape index (κ2) is 12.3. The molecule has 0 unspecified atom stereocenters. The number of hydrogen-bond donors (Lipinski definition) is 0. The summed E-state index contributed by atoms with van der Waals surface area (Å²) in [5.74, 6) is 0. The Hall–Kier alpha value is -3.08. The number of nitrogens with zero attached hydrogens (tertiary/aromatic N) is 6. The van der Waals surface area contributed by atoms with Gasteiger partial charge in [-0.25, -0.2) is 0 Å². The van der Waals surface area contributed by atoms with E-state index in [1.807, 2.05) is 0 Å². The van der Waals surface area contributed by atoms with Gasteiger partial charge >= 0.3 is 331 Å². The van der Waals surface area contributed by atoms with E-state index in [9.17, 15) is 0 Å². The van der Waals surface area contributed by atoms with Crippen LogP contribution in [0.25, 0.3) is 31.0 Å². The average Bonchev–Trinajstić information content (AvgIpc) is 4.00. The summed E-state index contributed by atoms with van der Waals surface area (Å²) in [6.07, 6.45) is 0. The molecule has 3 aromatic heterocycles. The Morgan fingerprint density at radius 2 is 0.840 bits per heavy atom. The van der Waals surface area contributed by atoms with Crippen LogP contribution in [0.2, 0.25) is 0 Å². The summed E-state index contributed by atoms with van der Waals surface area (Å²) in [6.45, 7) is 0. The normalized spacial score (nSPS) is 13.8. The van der Waals surface area contributed by atoms with Gasteiger partial charge in [-0.1, -0.05) is 0 Å². The summed E-state index contributed by atoms with van der Waals surface area (Å²) in [5.41, 5.74) is 11.3. The van der Waals surface area contributed by atoms with E-state index in [0.29, 0.717) is 0 Å². The van der Waals surface area contributed by atoms with Crippen molar-refractivity contribution in [3.8, 4) is 20.0 Å². The van der Waals surface area contributed by atoms with Crippen LogP contribution < -0.4 is 24.2 Å². The molecule has 5 aromatic carbocycles. The summed E-state index contributed by atoms with van der Waals surface area (Å²) >= 11 is 1.79. The van der Waals surface area contributed by atoms with Crippen LogP contribution in [-0.2, 0) is 11.4 Å². The molecule has 3 aliphatic rings. The second-order valence-corrected chi connectivity index (χ2v) is 23.4. The summed E-state index contributed by atoms with van der Waals surface area (Å²) in [5, 5.41) is 0. The van der Waals surface area contributed by atoms with Gasteiger partial charge in [0, 0.05) is 0 Å². The van der Waals surface area contributed by atoms with E-state index in [1.165, 1.54) is 78.3 Å². The van der Waals surface area contributed by atoms with Gasteiger partial charge in [-0.05, 0) is 0 Å². The van der Waals surface area contributed by atoms with E-state index in [-0.39, 0.29) is 29.0 Å². The van der Waals surface area contributed by atoms with Gasteiger partial charge in [0.1, 0.15) is 0 Å². The molecular weight excluding hydrogens is 1020 g/mol. The predicted octanol–water partition coefficient (Wildman–Crippen LogP) is 6.74. The number of hydrogen-bond acceptors (Lipinski definition) is 7. The third kappa shape index (κ3) is 4.76. The first kappa shape index (κ1) is 30.5. The van der Waals surface area contributed by atoms with Crippen LogP contribution in [0.4, 0.5) is 43.2 Å². The Morgan fingerprint density at radius 3 is 1.24 bits per heavy atom. The fourth-order valence-electron chi connectivity index (χ4n) is 6.77. The molecule has 6 nitrogen and oxygen atoms in total. The molecule has 8 aromatic rings. The van der Waals surface area contributed by atoms with Crippen molar-refractivity contribution < 1.29 is 0 Å². The molecule has 0 atom stereocenters. The molecule has 238 valence electrons. The van der Waals surface area contributed by atoms with E-state index in [1.54, 1.807) is 0 Å². The maximum absolute atomic E-state index is 4.96. The molecule has 0 saturated carbocycles. The quantitative estimate of drug-likeness (QED) is 0.184. The molecule has 0 saturated heterocycles. The first-order valence-corrected chi connectivity index (χ1v) is 25.3. The number of rotatable bonds is 4. The van der Waals surface area contributed by atoms with Crippen molar-refractivity contribution in [3.05, 3.63) is 121 Å². The predicted molar refractivity (Wildman–Crippen MR) is 213 cm³/mol. The van der Waals surface area contributed by atoms with Crippen LogP contribution in [0.5, 0.6) is 0 Å². The van der Waals surface area contributed by atoms with E-state index in [2.05, 4.69) is 131 Å². The van der Waals surface area contributed by atoms with Crippen LogP contribution in [-0.4, -0.2) is 79.6 Å². The summed E-state index contributed by atoms with van der Waals surface area (Å²) in [6, 6.07) is 45.0. The average molecular weight is 1040 g/mol. The minimum absolute atomic E-state index is 0.0379. The SMILES string of the molecule is c1ccc2c(c1)[Te]c1ccccc1N2c1ccc(-c2c3c(c(-c4ccc(N5c6ccccc6[Te]c6ccccc65)[se]4)c4nsnc24)N=S=N3)[se]1. The second-order valence-electron chi connectivity index (χ2n) is 11.7. The van der Waals surface area contributed by atoms with E-state index in [4.69, 9.17) is 17.5 Å². The maximum atomic E-state index is 4.96. The van der Waals surface area contributed by atoms with Crippen molar-refractivity contribution in [1.82, 2.24) is 8.75 Å². The zero-order valence-corrected chi connectivity index (χ0v) is 35.4. The molecule has 0 bridgehead atoms. The van der Waals surface area contributed by atoms with Gasteiger partial charge in [0.2, 0.25) is 0 Å². The Bertz CT molecular complexity index is 2490. The molecule has 0 fully saturated rings. The molecule has 12 heteroatoms. The number of fused-ring (bicyclic) bond motifs is 6. The molecule has 0 spiro atoms. The van der Waals surface area contributed by atoms with Gasteiger partial charge < -0.3 is 0 Å². The van der Waals surface area contributed by atoms with Crippen LogP contribution >= 0.6 is 11.7 Å². The number of anilines is 6. The topological polar surface area (TPSA) is 57.0 Å². The Kier molecular flexibility index (Phi) is 7.49. The van der Waals surface area contributed by atoms with Crippen LogP contribution in [0, 0.1) is 0 Å². The zero-order valence-electron chi connectivity index (χ0n) is 25.7. The molecule has 0 amide bonds. The van der Waals surface area contributed by atoms with Gasteiger partial charge in [-0.3, -0.25) is 0 Å². The molecular formula is C38H20N6S2Se2Te2. The molecule has 0 radical (unpaired) electrons. The first-order valence-electron chi connectivity index (χ1n) is 15.7. The van der Waals surface area contributed by atoms with Crippen LogP contribution in [0.15, 0.2) is 130 Å². The number of benzene rings is 5. The number of aromatic nitrogens is 2. The van der Waals surface area contributed by atoms with Crippen molar-refractivity contribution in [2.45, 2.75) is 0 Å². The molecule has 0 aliphatic carbocycles. The zero-order chi connectivity index (χ0) is 32.8. The fraction of sp³-hybridized carbons (Fsp3) is 0. The molecule has 11 rings (SSSR count). The molecule has 50 heavy (non-hydrogen) atoms. The third-order valence-corrected chi connectivity index (χ3v) is 21.0. The number of para-hydroxylation sites is 4. The monoisotopic (exact) mass is 1040 g/mol. The molecule has 0 N–H and O–H groups in total. The minimum atomic E-state index is -0.437. The van der Waals surface area contributed by atoms with Crippen molar-refractivity contribution in [1.29, 1.82) is 0 Å². The Labute approximate surface area is 327 Å².